The highest BCUT2D eigenvalue weighted by Gasteiger charge is 2.42. The normalized spacial score (nSPS) is 19.6. The maximum absolute atomic E-state index is 12.8. The molecule has 0 bridgehead atoms. The number of hydrogen-bond donors (Lipinski definition) is 2. The lowest BCUT2D eigenvalue weighted by atomic mass is 9.84. The van der Waals surface area contributed by atoms with Crippen molar-refractivity contribution >= 4 is 17.6 Å². The van der Waals surface area contributed by atoms with Crippen LogP contribution in [0.15, 0.2) is 29.3 Å². The molecule has 0 spiro atoms. The Hall–Kier alpha value is -2.44. The Balaban J connectivity index is 1.59. The van der Waals surface area contributed by atoms with Crippen LogP contribution in [0.25, 0.3) is 0 Å². The molecule has 0 atom stereocenters. The number of aliphatic imine (C=N–C) groups is 1. The number of phenols is 1. The van der Waals surface area contributed by atoms with Gasteiger partial charge in [-0.3, -0.25) is 9.79 Å². The van der Waals surface area contributed by atoms with E-state index in [2.05, 4.69) is 20.1 Å². The summed E-state index contributed by atoms with van der Waals surface area (Å²) in [7, 11) is 5.48. The molecule has 2 N–H and O–H groups in total. The van der Waals surface area contributed by atoms with E-state index in [9.17, 15) is 9.90 Å². The Labute approximate surface area is 168 Å². The van der Waals surface area contributed by atoms with Crippen LogP contribution < -0.4 is 10.2 Å². The van der Waals surface area contributed by atoms with Crippen LogP contribution in [-0.2, 0) is 4.79 Å². The van der Waals surface area contributed by atoms with E-state index in [4.69, 9.17) is 0 Å². The van der Waals surface area contributed by atoms with Gasteiger partial charge in [0.2, 0.25) is 5.91 Å². The Kier molecular flexibility index (Phi) is 6.31. The first-order chi connectivity index (χ1) is 13.5. The first kappa shape index (κ1) is 20.3. The molecule has 28 heavy (non-hydrogen) atoms. The van der Waals surface area contributed by atoms with Crippen molar-refractivity contribution in [3.8, 4) is 5.75 Å². The Morgan fingerprint density at radius 3 is 2.39 bits per heavy atom. The number of phenolic OH excluding ortho intramolecular Hbond substituents is 1. The van der Waals surface area contributed by atoms with Gasteiger partial charge in [-0.2, -0.15) is 0 Å². The molecule has 0 radical (unpaired) electrons. The van der Waals surface area contributed by atoms with Crippen molar-refractivity contribution in [1.29, 1.82) is 0 Å². The minimum atomic E-state index is -0.308. The van der Waals surface area contributed by atoms with Gasteiger partial charge in [-0.1, -0.05) is 25.0 Å². The van der Waals surface area contributed by atoms with Gasteiger partial charge in [0.15, 0.2) is 5.96 Å². The zero-order valence-electron chi connectivity index (χ0n) is 17.3. The summed E-state index contributed by atoms with van der Waals surface area (Å²) in [5, 5.41) is 13.6. The van der Waals surface area contributed by atoms with Gasteiger partial charge in [0, 0.05) is 53.9 Å². The highest BCUT2D eigenvalue weighted by Crippen LogP contribution is 2.39. The van der Waals surface area contributed by atoms with E-state index in [-0.39, 0.29) is 11.3 Å². The number of rotatable bonds is 4. The summed E-state index contributed by atoms with van der Waals surface area (Å²) in [6.45, 7) is 3.92. The average molecular weight is 388 g/mol. The predicted molar refractivity (Wildman–Crippen MR) is 113 cm³/mol. The van der Waals surface area contributed by atoms with Crippen molar-refractivity contribution in [2.45, 2.75) is 25.7 Å². The molecular formula is C21H33N5O2. The van der Waals surface area contributed by atoms with E-state index in [1.165, 1.54) is 0 Å². The lowest BCUT2D eigenvalue weighted by Crippen LogP contribution is -2.55. The number of amides is 1. The highest BCUT2D eigenvalue weighted by molar-refractivity contribution is 5.85. The van der Waals surface area contributed by atoms with Gasteiger partial charge in [-0.05, 0) is 25.0 Å². The SMILES string of the molecule is CN=C(NCC1(C(=O)N(C)C)CCCC1)N1CCN(c2ccccc2O)CC1. The van der Waals surface area contributed by atoms with Gasteiger partial charge in [-0.25, -0.2) is 0 Å². The molecule has 0 unspecified atom stereocenters. The lowest BCUT2D eigenvalue weighted by Gasteiger charge is -2.39. The fraction of sp³-hybridized carbons (Fsp3) is 0.619. The molecule has 7 heteroatoms. The van der Waals surface area contributed by atoms with Crippen LogP contribution in [0, 0.1) is 5.41 Å². The Morgan fingerprint density at radius 2 is 1.82 bits per heavy atom. The van der Waals surface area contributed by atoms with Crippen LogP contribution >= 0.6 is 0 Å². The van der Waals surface area contributed by atoms with Crippen LogP contribution in [0.2, 0.25) is 0 Å². The summed E-state index contributed by atoms with van der Waals surface area (Å²) in [5.74, 6) is 1.40. The quantitative estimate of drug-likeness (QED) is 0.608. The van der Waals surface area contributed by atoms with E-state index < -0.39 is 0 Å². The summed E-state index contributed by atoms with van der Waals surface area (Å²) in [5.41, 5.74) is 0.573. The van der Waals surface area contributed by atoms with Gasteiger partial charge in [-0.15, -0.1) is 0 Å². The van der Waals surface area contributed by atoms with Crippen molar-refractivity contribution in [2.75, 3.05) is 58.8 Å². The number of hydrogen-bond acceptors (Lipinski definition) is 4. The third kappa shape index (κ3) is 4.18. The maximum atomic E-state index is 12.8. The third-order valence-electron chi connectivity index (χ3n) is 6.02. The molecule has 2 aliphatic rings. The van der Waals surface area contributed by atoms with Crippen molar-refractivity contribution in [3.63, 3.8) is 0 Å². The van der Waals surface area contributed by atoms with Crippen molar-refractivity contribution in [1.82, 2.24) is 15.1 Å². The number of aromatic hydroxyl groups is 1. The summed E-state index contributed by atoms with van der Waals surface area (Å²) in [4.78, 5) is 23.4. The smallest absolute Gasteiger partial charge is 0.230 e. The predicted octanol–water partition coefficient (Wildman–Crippen LogP) is 1.74. The topological polar surface area (TPSA) is 71.4 Å². The summed E-state index contributed by atoms with van der Waals surface area (Å²) < 4.78 is 0. The molecule has 7 nitrogen and oxygen atoms in total. The van der Waals surface area contributed by atoms with Crippen molar-refractivity contribution in [2.24, 2.45) is 10.4 Å². The average Bonchev–Trinajstić information content (AvgIpc) is 3.19. The standard InChI is InChI=1S/C21H33N5O2/c1-22-20(23-16-21(10-6-7-11-21)19(28)24(2)3)26-14-12-25(13-15-26)17-8-4-5-9-18(17)27/h4-5,8-9,27H,6-7,10-16H2,1-3H3,(H,22,23). The maximum Gasteiger partial charge on any atom is 0.230 e. The molecule has 2 fully saturated rings. The second-order valence-electron chi connectivity index (χ2n) is 8.05. The minimum Gasteiger partial charge on any atom is -0.506 e. The minimum absolute atomic E-state index is 0.220. The van der Waals surface area contributed by atoms with Gasteiger partial charge in [0.05, 0.1) is 11.1 Å². The monoisotopic (exact) mass is 387 g/mol. The second-order valence-corrected chi connectivity index (χ2v) is 8.05. The lowest BCUT2D eigenvalue weighted by molar-refractivity contribution is -0.138. The van der Waals surface area contributed by atoms with Crippen LogP contribution in [0.5, 0.6) is 5.75 Å². The number of anilines is 1. The molecule has 1 saturated carbocycles. The third-order valence-corrected chi connectivity index (χ3v) is 6.02. The number of guanidine groups is 1. The summed E-state index contributed by atoms with van der Waals surface area (Å²) in [6.07, 6.45) is 4.10. The zero-order valence-corrected chi connectivity index (χ0v) is 17.3. The Morgan fingerprint density at radius 1 is 1.18 bits per heavy atom. The molecule has 154 valence electrons. The first-order valence-electron chi connectivity index (χ1n) is 10.2. The molecule has 1 aromatic carbocycles. The van der Waals surface area contributed by atoms with E-state index in [0.717, 1.165) is 63.5 Å². The van der Waals surface area contributed by atoms with Gasteiger partial charge < -0.3 is 25.1 Å². The largest absolute Gasteiger partial charge is 0.506 e. The molecule has 0 aromatic heterocycles. The van der Waals surface area contributed by atoms with Gasteiger partial charge in [0.1, 0.15) is 5.75 Å². The summed E-state index contributed by atoms with van der Waals surface area (Å²) in [6, 6.07) is 7.47. The fourth-order valence-electron chi connectivity index (χ4n) is 4.46. The number of para-hydroxylation sites is 2. The molecule has 1 saturated heterocycles. The Bertz CT molecular complexity index is 705. The van der Waals surface area contributed by atoms with E-state index in [0.29, 0.717) is 12.3 Å². The van der Waals surface area contributed by atoms with Crippen molar-refractivity contribution < 1.29 is 9.90 Å². The van der Waals surface area contributed by atoms with Gasteiger partial charge in [0.25, 0.3) is 0 Å². The first-order valence-corrected chi connectivity index (χ1v) is 10.2. The molecule has 3 rings (SSSR count). The van der Waals surface area contributed by atoms with Crippen molar-refractivity contribution in [3.05, 3.63) is 24.3 Å². The number of carbonyl (C=O) groups is 1. The van der Waals surface area contributed by atoms with Crippen LogP contribution in [0.1, 0.15) is 25.7 Å². The molecule has 1 amide bonds. The zero-order chi connectivity index (χ0) is 20.1. The van der Waals surface area contributed by atoms with Gasteiger partial charge >= 0.3 is 0 Å². The molecule has 1 heterocycles. The molecular weight excluding hydrogens is 354 g/mol. The summed E-state index contributed by atoms with van der Waals surface area (Å²) >= 11 is 0. The number of benzene rings is 1. The van der Waals surface area contributed by atoms with Crippen LogP contribution in [0.4, 0.5) is 5.69 Å². The van der Waals surface area contributed by atoms with E-state index >= 15 is 0 Å². The number of nitrogens with one attached hydrogen (secondary N) is 1. The fourth-order valence-corrected chi connectivity index (χ4v) is 4.46. The molecule has 1 aromatic rings. The highest BCUT2D eigenvalue weighted by atomic mass is 16.3. The van der Waals surface area contributed by atoms with E-state index in [1.807, 2.05) is 32.3 Å². The second kappa shape index (κ2) is 8.71. The van der Waals surface area contributed by atoms with E-state index in [1.54, 1.807) is 18.0 Å². The number of carbonyl (C=O) groups excluding carboxylic acids is 1. The van der Waals surface area contributed by atoms with Crippen LogP contribution in [0.3, 0.4) is 0 Å². The number of nitrogens with zero attached hydrogens (tertiary/aromatic N) is 4. The molecule has 1 aliphatic carbocycles. The number of piperazine rings is 1. The van der Waals surface area contributed by atoms with Crippen LogP contribution in [-0.4, -0.2) is 80.6 Å². The molecule has 1 aliphatic heterocycles.